The zero-order chi connectivity index (χ0) is 13.5. The second kappa shape index (κ2) is 6.63. The number of hydrogen-bond donors (Lipinski definition) is 4. The van der Waals surface area contributed by atoms with Crippen molar-refractivity contribution in [3.8, 4) is 0 Å². The minimum absolute atomic E-state index is 0.432. The molecule has 18 heavy (non-hydrogen) atoms. The van der Waals surface area contributed by atoms with Crippen molar-refractivity contribution >= 4 is 17.7 Å². The normalized spacial score (nSPS) is 10.1. The molecule has 0 saturated carbocycles. The van der Waals surface area contributed by atoms with Crippen molar-refractivity contribution in [1.82, 2.24) is 15.3 Å². The maximum absolute atomic E-state index is 10.5. The number of primary amides is 1. The standard InChI is InChI=1S/C11H20N6O/c1-3-4-8-16-9(12)7(2)10(17-8)14-5-6-15-11(13)18/h3-6H2,1-2H3,(H3,13,15,18)(H3,12,14,16,17). The Bertz CT molecular complexity index is 420. The smallest absolute Gasteiger partial charge is 0.312 e. The summed E-state index contributed by atoms with van der Waals surface area (Å²) in [5, 5.41) is 5.60. The lowest BCUT2D eigenvalue weighted by atomic mass is 10.2. The summed E-state index contributed by atoms with van der Waals surface area (Å²) < 4.78 is 0. The van der Waals surface area contributed by atoms with E-state index in [2.05, 4.69) is 27.5 Å². The van der Waals surface area contributed by atoms with Crippen molar-refractivity contribution in [3.05, 3.63) is 11.4 Å². The Morgan fingerprint density at radius 3 is 2.67 bits per heavy atom. The van der Waals surface area contributed by atoms with E-state index in [1.54, 1.807) is 0 Å². The molecule has 0 aliphatic rings. The monoisotopic (exact) mass is 252 g/mol. The number of nitrogens with one attached hydrogen (secondary N) is 2. The number of rotatable bonds is 6. The molecule has 6 N–H and O–H groups in total. The Labute approximate surface area is 106 Å². The van der Waals surface area contributed by atoms with E-state index in [1.165, 1.54) is 0 Å². The molecule has 2 amide bonds. The van der Waals surface area contributed by atoms with Crippen molar-refractivity contribution in [1.29, 1.82) is 0 Å². The van der Waals surface area contributed by atoms with E-state index in [0.29, 0.717) is 24.7 Å². The Balaban J connectivity index is 2.65. The largest absolute Gasteiger partial charge is 0.383 e. The third kappa shape index (κ3) is 4.08. The molecule has 0 aromatic carbocycles. The van der Waals surface area contributed by atoms with Gasteiger partial charge in [-0.1, -0.05) is 6.92 Å². The zero-order valence-corrected chi connectivity index (χ0v) is 10.8. The van der Waals surface area contributed by atoms with Crippen LogP contribution in [0.3, 0.4) is 0 Å². The summed E-state index contributed by atoms with van der Waals surface area (Å²) in [5.74, 6) is 1.92. The molecule has 1 heterocycles. The van der Waals surface area contributed by atoms with Gasteiger partial charge < -0.3 is 22.1 Å². The topological polar surface area (TPSA) is 119 Å². The van der Waals surface area contributed by atoms with Crippen LogP contribution in [0.15, 0.2) is 0 Å². The average Bonchev–Trinajstić information content (AvgIpc) is 2.30. The first-order valence-electron chi connectivity index (χ1n) is 5.94. The minimum atomic E-state index is -0.539. The molecule has 0 bridgehead atoms. The highest BCUT2D eigenvalue weighted by Gasteiger charge is 2.07. The minimum Gasteiger partial charge on any atom is -0.383 e. The average molecular weight is 252 g/mol. The summed E-state index contributed by atoms with van der Waals surface area (Å²) in [6.07, 6.45) is 1.75. The molecule has 100 valence electrons. The van der Waals surface area contributed by atoms with E-state index in [1.807, 2.05) is 6.92 Å². The number of anilines is 2. The molecule has 0 atom stereocenters. The van der Waals surface area contributed by atoms with Crippen LogP contribution >= 0.6 is 0 Å². The van der Waals surface area contributed by atoms with Gasteiger partial charge in [0, 0.05) is 25.1 Å². The van der Waals surface area contributed by atoms with Gasteiger partial charge in [0.05, 0.1) is 0 Å². The lowest BCUT2D eigenvalue weighted by Gasteiger charge is -2.11. The number of carbonyl (C=O) groups is 1. The zero-order valence-electron chi connectivity index (χ0n) is 10.8. The number of aryl methyl sites for hydroxylation is 1. The molecular formula is C11H20N6O. The predicted molar refractivity (Wildman–Crippen MR) is 71.3 cm³/mol. The Morgan fingerprint density at radius 1 is 1.33 bits per heavy atom. The van der Waals surface area contributed by atoms with Crippen LogP contribution in [0.25, 0.3) is 0 Å². The van der Waals surface area contributed by atoms with Gasteiger partial charge in [0.15, 0.2) is 0 Å². The summed E-state index contributed by atoms with van der Waals surface area (Å²) in [7, 11) is 0. The van der Waals surface area contributed by atoms with Crippen LogP contribution in [0.1, 0.15) is 24.7 Å². The van der Waals surface area contributed by atoms with E-state index in [-0.39, 0.29) is 0 Å². The molecule has 0 fully saturated rings. The molecule has 0 spiro atoms. The summed E-state index contributed by atoms with van der Waals surface area (Å²) >= 11 is 0. The fraction of sp³-hybridized carbons (Fsp3) is 0.545. The molecule has 1 aromatic rings. The molecule has 0 aliphatic heterocycles. The molecule has 0 radical (unpaired) electrons. The van der Waals surface area contributed by atoms with Crippen molar-refractivity contribution < 1.29 is 4.79 Å². The van der Waals surface area contributed by atoms with Gasteiger partial charge in [-0.05, 0) is 13.3 Å². The fourth-order valence-electron chi connectivity index (χ4n) is 1.46. The Morgan fingerprint density at radius 2 is 2.06 bits per heavy atom. The van der Waals surface area contributed by atoms with Crippen LogP contribution in [0.4, 0.5) is 16.4 Å². The number of aromatic nitrogens is 2. The van der Waals surface area contributed by atoms with Crippen LogP contribution < -0.4 is 22.1 Å². The molecule has 1 rings (SSSR count). The summed E-state index contributed by atoms with van der Waals surface area (Å²) in [4.78, 5) is 19.1. The molecule has 7 heteroatoms. The van der Waals surface area contributed by atoms with Gasteiger partial charge in [-0.3, -0.25) is 0 Å². The highest BCUT2D eigenvalue weighted by Crippen LogP contribution is 2.17. The molecule has 0 aliphatic carbocycles. The first kappa shape index (κ1) is 14.0. The third-order valence-corrected chi connectivity index (χ3v) is 2.42. The van der Waals surface area contributed by atoms with Crippen molar-refractivity contribution in [3.63, 3.8) is 0 Å². The van der Waals surface area contributed by atoms with Gasteiger partial charge in [0.25, 0.3) is 0 Å². The van der Waals surface area contributed by atoms with E-state index in [4.69, 9.17) is 11.5 Å². The number of nitrogens with zero attached hydrogens (tertiary/aromatic N) is 2. The summed E-state index contributed by atoms with van der Waals surface area (Å²) in [5.41, 5.74) is 11.6. The number of nitrogens with two attached hydrogens (primary N) is 2. The van der Waals surface area contributed by atoms with Gasteiger partial charge in [0.1, 0.15) is 17.5 Å². The first-order valence-corrected chi connectivity index (χ1v) is 5.94. The van der Waals surface area contributed by atoms with Gasteiger partial charge in [-0.15, -0.1) is 0 Å². The summed E-state index contributed by atoms with van der Waals surface area (Å²) in [6.45, 7) is 4.88. The van der Waals surface area contributed by atoms with Crippen molar-refractivity contribution in [2.24, 2.45) is 5.73 Å². The van der Waals surface area contributed by atoms with Gasteiger partial charge in [-0.25, -0.2) is 14.8 Å². The van der Waals surface area contributed by atoms with E-state index in [9.17, 15) is 4.79 Å². The number of carbonyl (C=O) groups excluding carboxylic acids is 1. The Hall–Kier alpha value is -2.05. The van der Waals surface area contributed by atoms with Crippen LogP contribution in [0.2, 0.25) is 0 Å². The van der Waals surface area contributed by atoms with Crippen molar-refractivity contribution in [2.45, 2.75) is 26.7 Å². The maximum Gasteiger partial charge on any atom is 0.312 e. The molecule has 0 unspecified atom stereocenters. The third-order valence-electron chi connectivity index (χ3n) is 2.42. The number of nitrogen functional groups attached to an aromatic ring is 1. The lowest BCUT2D eigenvalue weighted by molar-refractivity contribution is 0.249. The van der Waals surface area contributed by atoms with Crippen LogP contribution in [-0.4, -0.2) is 29.1 Å². The van der Waals surface area contributed by atoms with Crippen molar-refractivity contribution in [2.75, 3.05) is 24.1 Å². The van der Waals surface area contributed by atoms with Gasteiger partial charge in [-0.2, -0.15) is 0 Å². The van der Waals surface area contributed by atoms with E-state index in [0.717, 1.165) is 24.2 Å². The van der Waals surface area contributed by atoms with Gasteiger partial charge in [0.2, 0.25) is 0 Å². The first-order chi connectivity index (χ1) is 8.54. The SMILES string of the molecule is CCCc1nc(N)c(C)c(NCCNC(N)=O)n1. The van der Waals surface area contributed by atoms with Crippen LogP contribution in [-0.2, 0) is 6.42 Å². The summed E-state index contributed by atoms with van der Waals surface area (Å²) in [6, 6.07) is -0.539. The van der Waals surface area contributed by atoms with Gasteiger partial charge >= 0.3 is 6.03 Å². The van der Waals surface area contributed by atoms with Crippen LogP contribution in [0, 0.1) is 6.92 Å². The number of hydrogen-bond acceptors (Lipinski definition) is 5. The maximum atomic E-state index is 10.5. The fourth-order valence-corrected chi connectivity index (χ4v) is 1.46. The second-order valence-corrected chi connectivity index (χ2v) is 3.97. The molecular weight excluding hydrogens is 232 g/mol. The predicted octanol–water partition coefficient (Wildman–Crippen LogP) is 0.400. The lowest BCUT2D eigenvalue weighted by Crippen LogP contribution is -2.33. The molecule has 1 aromatic heterocycles. The Kier molecular flexibility index (Phi) is 5.16. The number of urea groups is 1. The highest BCUT2D eigenvalue weighted by atomic mass is 16.2. The number of amides is 2. The highest BCUT2D eigenvalue weighted by molar-refractivity contribution is 5.71. The van der Waals surface area contributed by atoms with Crippen LogP contribution in [0.5, 0.6) is 0 Å². The second-order valence-electron chi connectivity index (χ2n) is 3.97. The quantitative estimate of drug-likeness (QED) is 0.546. The molecule has 0 saturated heterocycles. The van der Waals surface area contributed by atoms with E-state index >= 15 is 0 Å². The van der Waals surface area contributed by atoms with E-state index < -0.39 is 6.03 Å². The molecule has 7 nitrogen and oxygen atoms in total.